The smallest absolute Gasteiger partial charge is 0.239 e. The number of hydrogen-bond acceptors (Lipinski definition) is 4. The van der Waals surface area contributed by atoms with Crippen LogP contribution in [-0.2, 0) is 32.6 Å². The van der Waals surface area contributed by atoms with Crippen LogP contribution in [0.1, 0.15) is 11.1 Å². The summed E-state index contributed by atoms with van der Waals surface area (Å²) in [6, 6.07) is 11.5. The Morgan fingerprint density at radius 1 is 0.962 bits per heavy atom. The predicted molar refractivity (Wildman–Crippen MR) is 92.8 cm³/mol. The topological polar surface area (TPSA) is 118 Å². The highest BCUT2D eigenvalue weighted by molar-refractivity contribution is 7.89. The van der Waals surface area contributed by atoms with Gasteiger partial charge in [0.15, 0.2) is 0 Å². The molecule has 138 valence electrons. The van der Waals surface area contributed by atoms with Crippen LogP contribution in [0.3, 0.4) is 0 Å². The summed E-state index contributed by atoms with van der Waals surface area (Å²) in [7, 11) is -3.81. The van der Waals surface area contributed by atoms with Crippen molar-refractivity contribution in [3.8, 4) is 0 Å². The van der Waals surface area contributed by atoms with E-state index in [1.807, 2.05) is 0 Å². The monoisotopic (exact) mass is 379 g/mol. The van der Waals surface area contributed by atoms with E-state index in [1.54, 1.807) is 12.1 Å². The van der Waals surface area contributed by atoms with Crippen LogP contribution in [0.5, 0.6) is 0 Å². The number of amides is 2. The lowest BCUT2D eigenvalue weighted by Gasteiger charge is -2.08. The largest absolute Gasteiger partial charge is 0.350 e. The summed E-state index contributed by atoms with van der Waals surface area (Å²) in [5, 5.41) is 10.0. The Balaban J connectivity index is 1.79. The van der Waals surface area contributed by atoms with Crippen molar-refractivity contribution in [2.24, 2.45) is 5.14 Å². The SMILES string of the molecule is NS(=O)(=O)c1cccc(CNC(=O)CNC(=O)Cc2cccc(F)c2)c1. The molecule has 2 amide bonds. The average molecular weight is 379 g/mol. The minimum absolute atomic E-state index is 0.0402. The van der Waals surface area contributed by atoms with Gasteiger partial charge in [-0.05, 0) is 35.4 Å². The molecule has 0 aliphatic carbocycles. The second kappa shape index (κ2) is 8.54. The highest BCUT2D eigenvalue weighted by Gasteiger charge is 2.10. The number of nitrogens with one attached hydrogen (secondary N) is 2. The minimum Gasteiger partial charge on any atom is -0.350 e. The lowest BCUT2D eigenvalue weighted by atomic mass is 10.1. The number of nitrogens with two attached hydrogens (primary N) is 1. The molecule has 9 heteroatoms. The van der Waals surface area contributed by atoms with Crippen molar-refractivity contribution in [1.29, 1.82) is 0 Å². The van der Waals surface area contributed by atoms with Gasteiger partial charge in [-0.3, -0.25) is 9.59 Å². The molecule has 0 unspecified atom stereocenters. The van der Waals surface area contributed by atoms with E-state index in [1.165, 1.54) is 36.4 Å². The fourth-order valence-electron chi connectivity index (χ4n) is 2.17. The normalized spacial score (nSPS) is 11.0. The zero-order chi connectivity index (χ0) is 19.2. The Morgan fingerprint density at radius 2 is 1.65 bits per heavy atom. The van der Waals surface area contributed by atoms with Gasteiger partial charge in [-0.2, -0.15) is 0 Å². The van der Waals surface area contributed by atoms with Crippen LogP contribution in [0.25, 0.3) is 0 Å². The molecule has 2 aromatic carbocycles. The first-order valence-electron chi connectivity index (χ1n) is 7.63. The van der Waals surface area contributed by atoms with Gasteiger partial charge in [0, 0.05) is 6.54 Å². The molecule has 0 saturated heterocycles. The molecule has 0 heterocycles. The lowest BCUT2D eigenvalue weighted by Crippen LogP contribution is -2.37. The maximum atomic E-state index is 13.1. The van der Waals surface area contributed by atoms with Crippen LogP contribution in [-0.4, -0.2) is 26.8 Å². The first-order chi connectivity index (χ1) is 12.2. The third-order valence-corrected chi connectivity index (χ3v) is 4.33. The molecule has 0 atom stereocenters. The maximum Gasteiger partial charge on any atom is 0.239 e. The van der Waals surface area contributed by atoms with Crippen molar-refractivity contribution in [2.45, 2.75) is 17.9 Å². The minimum atomic E-state index is -3.81. The molecule has 0 fully saturated rings. The van der Waals surface area contributed by atoms with Gasteiger partial charge in [-0.15, -0.1) is 0 Å². The van der Waals surface area contributed by atoms with Gasteiger partial charge < -0.3 is 10.6 Å². The molecule has 0 aromatic heterocycles. The predicted octanol–water partition coefficient (Wildman–Crippen LogP) is 0.448. The summed E-state index contributed by atoms with van der Waals surface area (Å²) >= 11 is 0. The van der Waals surface area contributed by atoms with E-state index >= 15 is 0 Å². The van der Waals surface area contributed by atoms with E-state index in [9.17, 15) is 22.4 Å². The second-order valence-electron chi connectivity index (χ2n) is 5.55. The van der Waals surface area contributed by atoms with Gasteiger partial charge in [0.1, 0.15) is 5.82 Å². The molecule has 7 nitrogen and oxygen atoms in total. The van der Waals surface area contributed by atoms with E-state index in [2.05, 4.69) is 10.6 Å². The zero-order valence-corrected chi connectivity index (χ0v) is 14.6. The molecule has 0 saturated carbocycles. The zero-order valence-electron chi connectivity index (χ0n) is 13.7. The highest BCUT2D eigenvalue weighted by atomic mass is 32.2. The van der Waals surface area contributed by atoms with Crippen molar-refractivity contribution in [1.82, 2.24) is 10.6 Å². The molecular weight excluding hydrogens is 361 g/mol. The van der Waals surface area contributed by atoms with Gasteiger partial charge in [0.25, 0.3) is 0 Å². The number of primary sulfonamides is 1. The highest BCUT2D eigenvalue weighted by Crippen LogP contribution is 2.09. The molecular formula is C17H18FN3O4S. The van der Waals surface area contributed by atoms with Crippen molar-refractivity contribution in [2.75, 3.05) is 6.54 Å². The Labute approximate surface area is 150 Å². The molecule has 0 spiro atoms. The van der Waals surface area contributed by atoms with Crippen molar-refractivity contribution in [3.05, 3.63) is 65.5 Å². The molecule has 2 aromatic rings. The van der Waals surface area contributed by atoms with Gasteiger partial charge in [0.2, 0.25) is 21.8 Å². The molecule has 0 bridgehead atoms. The fraction of sp³-hybridized carbons (Fsp3) is 0.176. The van der Waals surface area contributed by atoms with Crippen molar-refractivity contribution < 1.29 is 22.4 Å². The van der Waals surface area contributed by atoms with E-state index < -0.39 is 27.7 Å². The third-order valence-electron chi connectivity index (χ3n) is 3.42. The summed E-state index contributed by atoms with van der Waals surface area (Å²) in [6.07, 6.45) is -0.0402. The molecule has 0 aliphatic rings. The van der Waals surface area contributed by atoms with Gasteiger partial charge in [-0.1, -0.05) is 24.3 Å². The number of benzene rings is 2. The number of sulfonamides is 1. The molecule has 26 heavy (non-hydrogen) atoms. The van der Waals surface area contributed by atoms with Crippen molar-refractivity contribution in [3.63, 3.8) is 0 Å². The Morgan fingerprint density at radius 3 is 2.35 bits per heavy atom. The van der Waals surface area contributed by atoms with Crippen LogP contribution < -0.4 is 15.8 Å². The third kappa shape index (κ3) is 6.26. The van der Waals surface area contributed by atoms with E-state index in [-0.39, 0.29) is 24.4 Å². The lowest BCUT2D eigenvalue weighted by molar-refractivity contribution is -0.125. The van der Waals surface area contributed by atoms with Crippen LogP contribution in [0.15, 0.2) is 53.4 Å². The molecule has 0 aliphatic heterocycles. The number of carbonyl (C=O) groups excluding carboxylic acids is 2. The molecule has 2 rings (SSSR count). The van der Waals surface area contributed by atoms with Crippen LogP contribution >= 0.6 is 0 Å². The number of hydrogen-bond donors (Lipinski definition) is 3. The van der Waals surface area contributed by atoms with E-state index in [0.717, 1.165) is 0 Å². The molecule has 4 N–H and O–H groups in total. The fourth-order valence-corrected chi connectivity index (χ4v) is 2.75. The average Bonchev–Trinajstić information content (AvgIpc) is 2.58. The summed E-state index contributed by atoms with van der Waals surface area (Å²) in [5.41, 5.74) is 1.05. The Hall–Kier alpha value is -2.78. The van der Waals surface area contributed by atoms with Gasteiger partial charge in [0.05, 0.1) is 17.9 Å². The van der Waals surface area contributed by atoms with Gasteiger partial charge in [-0.25, -0.2) is 17.9 Å². The standard InChI is InChI=1S/C17H18FN3O4S/c18-14-5-1-3-12(7-14)9-16(22)21-11-17(23)20-10-13-4-2-6-15(8-13)26(19,24)25/h1-8H,9-11H2,(H,20,23)(H,21,22)(H2,19,24,25). The van der Waals surface area contributed by atoms with Crippen molar-refractivity contribution >= 4 is 21.8 Å². The first-order valence-corrected chi connectivity index (χ1v) is 9.18. The molecule has 0 radical (unpaired) electrons. The number of rotatable bonds is 7. The Bertz CT molecular complexity index is 916. The quantitative estimate of drug-likeness (QED) is 0.647. The second-order valence-corrected chi connectivity index (χ2v) is 7.11. The summed E-state index contributed by atoms with van der Waals surface area (Å²) < 4.78 is 35.6. The first kappa shape index (κ1) is 19.5. The summed E-state index contributed by atoms with van der Waals surface area (Å²) in [6.45, 7) is -0.162. The summed E-state index contributed by atoms with van der Waals surface area (Å²) in [4.78, 5) is 23.5. The number of halogens is 1. The number of carbonyl (C=O) groups is 2. The van der Waals surface area contributed by atoms with Crippen LogP contribution in [0, 0.1) is 5.82 Å². The van der Waals surface area contributed by atoms with Crippen LogP contribution in [0.4, 0.5) is 4.39 Å². The summed E-state index contributed by atoms with van der Waals surface area (Å²) in [5.74, 6) is -1.30. The van der Waals surface area contributed by atoms with E-state index in [0.29, 0.717) is 11.1 Å². The van der Waals surface area contributed by atoms with Crippen LogP contribution in [0.2, 0.25) is 0 Å². The van der Waals surface area contributed by atoms with E-state index in [4.69, 9.17) is 5.14 Å². The van der Waals surface area contributed by atoms with Gasteiger partial charge >= 0.3 is 0 Å². The Kier molecular flexibility index (Phi) is 6.42. The maximum absolute atomic E-state index is 13.1.